The van der Waals surface area contributed by atoms with Crippen molar-refractivity contribution in [3.63, 3.8) is 0 Å². The van der Waals surface area contributed by atoms with Crippen LogP contribution in [0.4, 0.5) is 0 Å². The van der Waals surface area contributed by atoms with Crippen molar-refractivity contribution in [2.45, 2.75) is 70.9 Å². The second-order valence-corrected chi connectivity index (χ2v) is 4.94. The van der Waals surface area contributed by atoms with E-state index in [1.165, 1.54) is 45.2 Å². The molecule has 0 aliphatic carbocycles. The van der Waals surface area contributed by atoms with Crippen molar-refractivity contribution in [2.24, 2.45) is 0 Å². The van der Waals surface area contributed by atoms with Gasteiger partial charge in [0.2, 0.25) is 0 Å². The number of hydrogen-bond donors (Lipinski definition) is 1. The topological polar surface area (TPSA) is 23.5 Å². The molecule has 0 aromatic carbocycles. The average molecular weight is 213 g/mol. The minimum Gasteiger partial charge on any atom is -0.393 e. The lowest BCUT2D eigenvalue weighted by atomic mass is 10.1. The van der Waals surface area contributed by atoms with Gasteiger partial charge in [-0.05, 0) is 52.1 Å². The molecule has 0 saturated carbocycles. The summed E-state index contributed by atoms with van der Waals surface area (Å²) in [6, 6.07) is 0.807. The Morgan fingerprint density at radius 1 is 1.33 bits per heavy atom. The summed E-state index contributed by atoms with van der Waals surface area (Å²) in [4.78, 5) is 2.65. The van der Waals surface area contributed by atoms with Gasteiger partial charge in [-0.1, -0.05) is 19.8 Å². The molecule has 0 bridgehead atoms. The van der Waals surface area contributed by atoms with E-state index in [-0.39, 0.29) is 6.10 Å². The molecule has 2 heteroatoms. The standard InChI is InChI=1S/C13H27NO/c1-3-13-9-5-4-6-10-14(13)11-7-8-12(2)15/h12-13,15H,3-11H2,1-2H3. The fourth-order valence-corrected chi connectivity index (χ4v) is 2.58. The molecule has 0 aromatic heterocycles. The number of nitrogens with zero attached hydrogens (tertiary/aromatic N) is 1. The number of likely N-dealkylation sites (tertiary alicyclic amines) is 1. The molecule has 90 valence electrons. The van der Waals surface area contributed by atoms with Crippen molar-refractivity contribution >= 4 is 0 Å². The summed E-state index contributed by atoms with van der Waals surface area (Å²) in [5, 5.41) is 9.24. The van der Waals surface area contributed by atoms with E-state index in [0.717, 1.165) is 18.9 Å². The van der Waals surface area contributed by atoms with E-state index in [1.807, 2.05) is 6.92 Å². The molecule has 0 radical (unpaired) electrons. The maximum atomic E-state index is 9.24. The molecule has 1 fully saturated rings. The molecule has 1 N–H and O–H groups in total. The predicted octanol–water partition coefficient (Wildman–Crippen LogP) is 2.80. The van der Waals surface area contributed by atoms with Crippen LogP contribution in [0.1, 0.15) is 58.8 Å². The maximum absolute atomic E-state index is 9.24. The number of aliphatic hydroxyl groups excluding tert-OH is 1. The Hall–Kier alpha value is -0.0800. The zero-order chi connectivity index (χ0) is 11.1. The van der Waals surface area contributed by atoms with Crippen LogP contribution < -0.4 is 0 Å². The Bertz CT molecular complexity index is 159. The third kappa shape index (κ3) is 4.98. The van der Waals surface area contributed by atoms with Crippen LogP contribution >= 0.6 is 0 Å². The van der Waals surface area contributed by atoms with Gasteiger partial charge in [-0.2, -0.15) is 0 Å². The van der Waals surface area contributed by atoms with Crippen LogP contribution in [0, 0.1) is 0 Å². The van der Waals surface area contributed by atoms with E-state index in [4.69, 9.17) is 0 Å². The molecular formula is C13H27NO. The zero-order valence-corrected chi connectivity index (χ0v) is 10.4. The van der Waals surface area contributed by atoms with Crippen LogP contribution in [-0.2, 0) is 0 Å². The fraction of sp³-hybridized carbons (Fsp3) is 1.00. The first-order valence-corrected chi connectivity index (χ1v) is 6.66. The summed E-state index contributed by atoms with van der Waals surface area (Å²) in [6.45, 7) is 6.65. The lowest BCUT2D eigenvalue weighted by molar-refractivity contribution is 0.154. The molecule has 0 aromatic rings. The Labute approximate surface area is 94.7 Å². The van der Waals surface area contributed by atoms with Gasteiger partial charge in [0, 0.05) is 6.04 Å². The summed E-state index contributed by atoms with van der Waals surface area (Å²) < 4.78 is 0. The second kappa shape index (κ2) is 7.24. The minimum atomic E-state index is -0.128. The maximum Gasteiger partial charge on any atom is 0.0512 e. The number of rotatable bonds is 5. The zero-order valence-electron chi connectivity index (χ0n) is 10.4. The van der Waals surface area contributed by atoms with Gasteiger partial charge >= 0.3 is 0 Å². The Morgan fingerprint density at radius 3 is 2.80 bits per heavy atom. The first-order chi connectivity index (χ1) is 7.24. The Morgan fingerprint density at radius 2 is 2.13 bits per heavy atom. The van der Waals surface area contributed by atoms with Crippen LogP contribution in [0.5, 0.6) is 0 Å². The van der Waals surface area contributed by atoms with Gasteiger partial charge in [0.15, 0.2) is 0 Å². The van der Waals surface area contributed by atoms with Gasteiger partial charge in [-0.15, -0.1) is 0 Å². The molecule has 1 aliphatic rings. The van der Waals surface area contributed by atoms with Crippen molar-refractivity contribution in [3.8, 4) is 0 Å². The smallest absolute Gasteiger partial charge is 0.0512 e. The van der Waals surface area contributed by atoms with Crippen molar-refractivity contribution in [3.05, 3.63) is 0 Å². The quantitative estimate of drug-likeness (QED) is 0.759. The van der Waals surface area contributed by atoms with Crippen molar-refractivity contribution < 1.29 is 5.11 Å². The average Bonchev–Trinajstić information content (AvgIpc) is 2.42. The van der Waals surface area contributed by atoms with Crippen molar-refractivity contribution in [2.75, 3.05) is 13.1 Å². The van der Waals surface area contributed by atoms with Crippen molar-refractivity contribution in [1.29, 1.82) is 0 Å². The van der Waals surface area contributed by atoms with Gasteiger partial charge < -0.3 is 10.0 Å². The highest BCUT2D eigenvalue weighted by molar-refractivity contribution is 4.74. The monoisotopic (exact) mass is 213 g/mol. The van der Waals surface area contributed by atoms with E-state index >= 15 is 0 Å². The van der Waals surface area contributed by atoms with E-state index < -0.39 is 0 Å². The van der Waals surface area contributed by atoms with Crippen LogP contribution in [0.25, 0.3) is 0 Å². The molecule has 0 spiro atoms. The second-order valence-electron chi connectivity index (χ2n) is 4.94. The van der Waals surface area contributed by atoms with E-state index in [2.05, 4.69) is 11.8 Å². The lowest BCUT2D eigenvalue weighted by Gasteiger charge is -2.29. The summed E-state index contributed by atoms with van der Waals surface area (Å²) >= 11 is 0. The first kappa shape index (κ1) is 13.0. The minimum absolute atomic E-state index is 0.128. The van der Waals surface area contributed by atoms with Crippen LogP contribution in [0.15, 0.2) is 0 Å². The molecule has 1 heterocycles. The Kier molecular flexibility index (Phi) is 6.26. The lowest BCUT2D eigenvalue weighted by Crippen LogP contribution is -2.35. The highest BCUT2D eigenvalue weighted by Crippen LogP contribution is 2.19. The molecule has 1 saturated heterocycles. The van der Waals surface area contributed by atoms with E-state index in [1.54, 1.807) is 0 Å². The number of aliphatic hydroxyl groups is 1. The summed E-state index contributed by atoms with van der Waals surface area (Å²) in [5.41, 5.74) is 0. The van der Waals surface area contributed by atoms with Gasteiger partial charge in [0.1, 0.15) is 0 Å². The third-order valence-electron chi connectivity index (χ3n) is 3.54. The largest absolute Gasteiger partial charge is 0.393 e. The summed E-state index contributed by atoms with van der Waals surface area (Å²) in [6.07, 6.45) is 8.82. The van der Waals surface area contributed by atoms with Crippen LogP contribution in [0.2, 0.25) is 0 Å². The highest BCUT2D eigenvalue weighted by Gasteiger charge is 2.18. The molecule has 0 amide bonds. The Balaban J connectivity index is 2.28. The van der Waals surface area contributed by atoms with Gasteiger partial charge in [0.05, 0.1) is 6.10 Å². The molecule has 2 unspecified atom stereocenters. The molecule has 2 atom stereocenters. The number of hydrogen-bond acceptors (Lipinski definition) is 2. The molecule has 1 aliphatic heterocycles. The SMILES string of the molecule is CCC1CCCCCN1CCCC(C)O. The van der Waals surface area contributed by atoms with Crippen LogP contribution in [-0.4, -0.2) is 35.2 Å². The highest BCUT2D eigenvalue weighted by atomic mass is 16.3. The molecule has 15 heavy (non-hydrogen) atoms. The molecular weight excluding hydrogens is 186 g/mol. The van der Waals surface area contributed by atoms with Gasteiger partial charge in [-0.25, -0.2) is 0 Å². The molecule has 1 rings (SSSR count). The van der Waals surface area contributed by atoms with Gasteiger partial charge in [-0.3, -0.25) is 0 Å². The summed E-state index contributed by atoms with van der Waals surface area (Å²) in [5.74, 6) is 0. The predicted molar refractivity (Wildman–Crippen MR) is 65.0 cm³/mol. The molecule has 2 nitrogen and oxygen atoms in total. The normalized spacial score (nSPS) is 26.2. The van der Waals surface area contributed by atoms with E-state index in [0.29, 0.717) is 0 Å². The fourth-order valence-electron chi connectivity index (χ4n) is 2.58. The summed E-state index contributed by atoms with van der Waals surface area (Å²) in [7, 11) is 0. The van der Waals surface area contributed by atoms with Crippen molar-refractivity contribution in [1.82, 2.24) is 4.90 Å². The first-order valence-electron chi connectivity index (χ1n) is 6.66. The van der Waals surface area contributed by atoms with Gasteiger partial charge in [0.25, 0.3) is 0 Å². The third-order valence-corrected chi connectivity index (χ3v) is 3.54. The van der Waals surface area contributed by atoms with E-state index in [9.17, 15) is 5.11 Å². The van der Waals surface area contributed by atoms with Crippen LogP contribution in [0.3, 0.4) is 0 Å².